The van der Waals surface area contributed by atoms with Gasteiger partial charge in [-0.25, -0.2) is 0 Å². The van der Waals surface area contributed by atoms with Crippen molar-refractivity contribution in [2.24, 2.45) is 0 Å². The minimum absolute atomic E-state index is 0.165. The molecular formula is C18H16F3NO. The summed E-state index contributed by atoms with van der Waals surface area (Å²) in [6, 6.07) is 10.1. The van der Waals surface area contributed by atoms with E-state index >= 15 is 0 Å². The zero-order chi connectivity index (χ0) is 17.0. The summed E-state index contributed by atoms with van der Waals surface area (Å²) in [6.07, 6.45) is -1.58. The quantitative estimate of drug-likeness (QED) is 0.625. The number of ketones is 1. The van der Waals surface area contributed by atoms with Crippen LogP contribution in [0.5, 0.6) is 0 Å². The molecule has 2 aromatic rings. The van der Waals surface area contributed by atoms with Crippen molar-refractivity contribution < 1.29 is 18.0 Å². The number of aryl methyl sites for hydroxylation is 2. The number of nitrogens with one attached hydrogen (secondary N) is 1. The Bertz CT molecular complexity index is 731. The van der Waals surface area contributed by atoms with Gasteiger partial charge in [0.2, 0.25) is 0 Å². The standard InChI is InChI=1S/C18H16F3NO/c1-12-3-8-16(13(2)11-12)17(23)9-10-22-15-6-4-14(5-7-15)18(19,20)21/h3-11,22H,1-2H3. The molecule has 0 aliphatic rings. The van der Waals surface area contributed by atoms with Gasteiger partial charge >= 0.3 is 6.18 Å². The van der Waals surface area contributed by atoms with E-state index in [-0.39, 0.29) is 5.78 Å². The summed E-state index contributed by atoms with van der Waals surface area (Å²) in [6.45, 7) is 3.81. The predicted molar refractivity (Wildman–Crippen MR) is 84.5 cm³/mol. The van der Waals surface area contributed by atoms with Crippen LogP contribution in [-0.2, 0) is 6.18 Å². The number of anilines is 1. The van der Waals surface area contributed by atoms with Gasteiger partial charge in [-0.2, -0.15) is 13.2 Å². The molecular weight excluding hydrogens is 303 g/mol. The van der Waals surface area contributed by atoms with E-state index in [2.05, 4.69) is 5.32 Å². The summed E-state index contributed by atoms with van der Waals surface area (Å²) in [5.74, 6) is -0.165. The van der Waals surface area contributed by atoms with Crippen molar-refractivity contribution in [2.75, 3.05) is 5.32 Å². The highest BCUT2D eigenvalue weighted by molar-refractivity contribution is 6.05. The highest BCUT2D eigenvalue weighted by Gasteiger charge is 2.29. The molecule has 0 saturated heterocycles. The zero-order valence-electron chi connectivity index (χ0n) is 12.7. The fraction of sp³-hybridized carbons (Fsp3) is 0.167. The molecule has 0 atom stereocenters. The SMILES string of the molecule is Cc1ccc(C(=O)C=CNc2ccc(C(F)(F)F)cc2)c(C)c1. The minimum Gasteiger partial charge on any atom is -0.362 e. The van der Waals surface area contributed by atoms with Gasteiger partial charge in [0.1, 0.15) is 0 Å². The Morgan fingerprint density at radius 2 is 1.70 bits per heavy atom. The average Bonchev–Trinajstić information content (AvgIpc) is 2.46. The summed E-state index contributed by atoms with van der Waals surface area (Å²) < 4.78 is 37.4. The molecule has 0 saturated carbocycles. The molecule has 120 valence electrons. The largest absolute Gasteiger partial charge is 0.416 e. The number of benzene rings is 2. The normalized spacial score (nSPS) is 11.7. The van der Waals surface area contributed by atoms with E-state index in [1.54, 1.807) is 6.07 Å². The molecule has 0 unspecified atom stereocenters. The van der Waals surface area contributed by atoms with Crippen molar-refractivity contribution in [3.05, 3.63) is 77.0 Å². The first-order valence-corrected chi connectivity index (χ1v) is 6.99. The number of rotatable bonds is 4. The smallest absolute Gasteiger partial charge is 0.362 e. The van der Waals surface area contributed by atoms with Crippen molar-refractivity contribution in [1.82, 2.24) is 0 Å². The van der Waals surface area contributed by atoms with Crippen LogP contribution in [0.3, 0.4) is 0 Å². The lowest BCUT2D eigenvalue weighted by Gasteiger charge is -2.07. The van der Waals surface area contributed by atoms with E-state index in [1.165, 1.54) is 24.4 Å². The van der Waals surface area contributed by atoms with Crippen LogP contribution in [0.25, 0.3) is 0 Å². The van der Waals surface area contributed by atoms with Gasteiger partial charge in [-0.15, -0.1) is 0 Å². The van der Waals surface area contributed by atoms with Gasteiger partial charge in [-0.1, -0.05) is 23.8 Å². The maximum atomic E-state index is 12.5. The molecule has 2 aromatic carbocycles. The summed E-state index contributed by atoms with van der Waals surface area (Å²) in [5.41, 5.74) is 2.32. The first-order valence-electron chi connectivity index (χ1n) is 6.99. The molecule has 0 aliphatic heterocycles. The lowest BCUT2D eigenvalue weighted by molar-refractivity contribution is -0.137. The number of hydrogen-bond donors (Lipinski definition) is 1. The van der Waals surface area contributed by atoms with Crippen LogP contribution in [-0.4, -0.2) is 5.78 Å². The van der Waals surface area contributed by atoms with Crippen LogP contribution in [0.4, 0.5) is 18.9 Å². The fourth-order valence-corrected chi connectivity index (χ4v) is 2.15. The van der Waals surface area contributed by atoms with Gasteiger partial charge in [0, 0.05) is 23.5 Å². The van der Waals surface area contributed by atoms with Gasteiger partial charge in [0.25, 0.3) is 0 Å². The van der Waals surface area contributed by atoms with Crippen molar-refractivity contribution in [3.8, 4) is 0 Å². The molecule has 0 fully saturated rings. The Hall–Kier alpha value is -2.56. The van der Waals surface area contributed by atoms with Gasteiger partial charge in [-0.05, 0) is 43.7 Å². The second-order valence-corrected chi connectivity index (χ2v) is 5.24. The monoisotopic (exact) mass is 319 g/mol. The molecule has 0 spiro atoms. The van der Waals surface area contributed by atoms with E-state index in [4.69, 9.17) is 0 Å². The highest BCUT2D eigenvalue weighted by atomic mass is 19.4. The number of allylic oxidation sites excluding steroid dienone is 1. The van der Waals surface area contributed by atoms with E-state index in [0.717, 1.165) is 23.3 Å². The van der Waals surface area contributed by atoms with Gasteiger partial charge in [0.15, 0.2) is 5.78 Å². The Labute approximate surface area is 132 Å². The summed E-state index contributed by atoms with van der Waals surface area (Å²) in [4.78, 5) is 12.1. The Kier molecular flexibility index (Phi) is 4.89. The molecule has 23 heavy (non-hydrogen) atoms. The topological polar surface area (TPSA) is 29.1 Å². The van der Waals surface area contributed by atoms with Crippen LogP contribution in [0.15, 0.2) is 54.7 Å². The third-order valence-corrected chi connectivity index (χ3v) is 3.34. The molecule has 2 rings (SSSR count). The van der Waals surface area contributed by atoms with Crippen molar-refractivity contribution in [2.45, 2.75) is 20.0 Å². The van der Waals surface area contributed by atoms with Crippen molar-refractivity contribution in [3.63, 3.8) is 0 Å². The lowest BCUT2D eigenvalue weighted by atomic mass is 10.0. The van der Waals surface area contributed by atoms with Crippen LogP contribution in [0.2, 0.25) is 0 Å². The number of carbonyl (C=O) groups excluding carboxylic acids is 1. The first-order chi connectivity index (χ1) is 10.8. The number of hydrogen-bond acceptors (Lipinski definition) is 2. The average molecular weight is 319 g/mol. The molecule has 0 amide bonds. The molecule has 0 aliphatic carbocycles. The van der Waals surface area contributed by atoms with Crippen LogP contribution in [0, 0.1) is 13.8 Å². The van der Waals surface area contributed by atoms with Crippen molar-refractivity contribution in [1.29, 1.82) is 0 Å². The van der Waals surface area contributed by atoms with E-state index in [1.807, 2.05) is 26.0 Å². The number of carbonyl (C=O) groups is 1. The Balaban J connectivity index is 2.02. The molecule has 1 N–H and O–H groups in total. The zero-order valence-corrected chi connectivity index (χ0v) is 12.7. The van der Waals surface area contributed by atoms with Crippen LogP contribution in [0.1, 0.15) is 27.0 Å². The second-order valence-electron chi connectivity index (χ2n) is 5.24. The van der Waals surface area contributed by atoms with E-state index < -0.39 is 11.7 Å². The third-order valence-electron chi connectivity index (χ3n) is 3.34. The fourth-order valence-electron chi connectivity index (χ4n) is 2.15. The Morgan fingerprint density at radius 1 is 1.04 bits per heavy atom. The third kappa shape index (κ3) is 4.45. The maximum Gasteiger partial charge on any atom is 0.416 e. The minimum atomic E-state index is -4.35. The van der Waals surface area contributed by atoms with E-state index in [9.17, 15) is 18.0 Å². The molecule has 2 nitrogen and oxygen atoms in total. The first kappa shape index (κ1) is 16.8. The molecule has 0 heterocycles. The molecule has 5 heteroatoms. The van der Waals surface area contributed by atoms with Crippen LogP contribution >= 0.6 is 0 Å². The lowest BCUT2D eigenvalue weighted by Crippen LogP contribution is -2.04. The van der Waals surface area contributed by atoms with E-state index in [0.29, 0.717) is 11.3 Å². The summed E-state index contributed by atoms with van der Waals surface area (Å²) in [5, 5.41) is 2.79. The molecule has 0 radical (unpaired) electrons. The van der Waals surface area contributed by atoms with Gasteiger partial charge in [-0.3, -0.25) is 4.79 Å². The second kappa shape index (κ2) is 6.69. The van der Waals surface area contributed by atoms with Gasteiger partial charge in [0.05, 0.1) is 5.56 Å². The highest BCUT2D eigenvalue weighted by Crippen LogP contribution is 2.29. The molecule has 0 bridgehead atoms. The molecule has 0 aromatic heterocycles. The number of halogens is 3. The van der Waals surface area contributed by atoms with Crippen molar-refractivity contribution >= 4 is 11.5 Å². The maximum absolute atomic E-state index is 12.5. The van der Waals surface area contributed by atoms with Crippen LogP contribution < -0.4 is 5.32 Å². The summed E-state index contributed by atoms with van der Waals surface area (Å²) >= 11 is 0. The predicted octanol–water partition coefficient (Wildman–Crippen LogP) is 5.13. The number of alkyl halides is 3. The van der Waals surface area contributed by atoms with Gasteiger partial charge < -0.3 is 5.32 Å². The summed E-state index contributed by atoms with van der Waals surface area (Å²) in [7, 11) is 0. The Morgan fingerprint density at radius 3 is 2.26 bits per heavy atom.